The van der Waals surface area contributed by atoms with Crippen LogP contribution in [0, 0.1) is 0 Å². The molecule has 0 aliphatic heterocycles. The standard InChI is InChI=1S/C15H23NO3/c1-5-19-15(17)14(10-11-16(2)3)12-6-8-13(18-4)9-7-12/h6-9,14H,5,10-11H2,1-4H3. The lowest BCUT2D eigenvalue weighted by Crippen LogP contribution is -2.22. The molecule has 19 heavy (non-hydrogen) atoms. The molecule has 1 aromatic carbocycles. The van der Waals surface area contributed by atoms with Crippen molar-refractivity contribution in [1.29, 1.82) is 0 Å². The summed E-state index contributed by atoms with van der Waals surface area (Å²) in [7, 11) is 5.62. The van der Waals surface area contributed by atoms with E-state index in [2.05, 4.69) is 4.90 Å². The summed E-state index contributed by atoms with van der Waals surface area (Å²) in [6.07, 6.45) is 0.748. The number of carbonyl (C=O) groups excluding carboxylic acids is 1. The maximum atomic E-state index is 12.0. The van der Waals surface area contributed by atoms with Gasteiger partial charge >= 0.3 is 5.97 Å². The van der Waals surface area contributed by atoms with Crippen molar-refractivity contribution in [3.8, 4) is 5.75 Å². The van der Waals surface area contributed by atoms with Gasteiger partial charge in [0.2, 0.25) is 0 Å². The normalized spacial score (nSPS) is 12.3. The lowest BCUT2D eigenvalue weighted by atomic mass is 9.95. The Hall–Kier alpha value is -1.55. The zero-order chi connectivity index (χ0) is 14.3. The summed E-state index contributed by atoms with van der Waals surface area (Å²) < 4.78 is 10.3. The van der Waals surface area contributed by atoms with Crippen LogP contribution in [0.4, 0.5) is 0 Å². The molecule has 0 heterocycles. The van der Waals surface area contributed by atoms with Crippen LogP contribution in [0.5, 0.6) is 5.75 Å². The van der Waals surface area contributed by atoms with Crippen LogP contribution in [-0.4, -0.2) is 45.2 Å². The number of carbonyl (C=O) groups is 1. The average Bonchev–Trinajstić information content (AvgIpc) is 2.39. The minimum atomic E-state index is -0.215. The van der Waals surface area contributed by atoms with Crippen LogP contribution in [0.3, 0.4) is 0 Å². The first-order chi connectivity index (χ1) is 9.08. The van der Waals surface area contributed by atoms with Gasteiger partial charge in [0.05, 0.1) is 19.6 Å². The van der Waals surface area contributed by atoms with Crippen LogP contribution in [0.25, 0.3) is 0 Å². The highest BCUT2D eigenvalue weighted by molar-refractivity contribution is 5.78. The summed E-state index contributed by atoms with van der Waals surface area (Å²) in [5.41, 5.74) is 0.973. The van der Waals surface area contributed by atoms with Gasteiger partial charge in [0.25, 0.3) is 0 Å². The van der Waals surface area contributed by atoms with Gasteiger partial charge in [0.1, 0.15) is 5.75 Å². The van der Waals surface area contributed by atoms with Crippen LogP contribution < -0.4 is 4.74 Å². The van der Waals surface area contributed by atoms with Crippen LogP contribution in [0.15, 0.2) is 24.3 Å². The molecule has 0 bridgehead atoms. The third-order valence-electron chi connectivity index (χ3n) is 2.95. The summed E-state index contributed by atoms with van der Waals surface area (Å²) in [5, 5.41) is 0. The lowest BCUT2D eigenvalue weighted by molar-refractivity contribution is -0.145. The third kappa shape index (κ3) is 4.91. The summed E-state index contributed by atoms with van der Waals surface area (Å²) in [4.78, 5) is 14.1. The van der Waals surface area contributed by atoms with Crippen molar-refractivity contribution in [2.24, 2.45) is 0 Å². The Labute approximate surface area is 115 Å². The van der Waals surface area contributed by atoms with Crippen molar-refractivity contribution in [2.45, 2.75) is 19.3 Å². The molecule has 0 aliphatic carbocycles. The summed E-state index contributed by atoms with van der Waals surface area (Å²) in [6, 6.07) is 7.60. The largest absolute Gasteiger partial charge is 0.497 e. The number of hydrogen-bond acceptors (Lipinski definition) is 4. The summed E-state index contributed by atoms with van der Waals surface area (Å²) in [5.74, 6) is 0.418. The number of benzene rings is 1. The Morgan fingerprint density at radius 2 is 1.89 bits per heavy atom. The zero-order valence-corrected chi connectivity index (χ0v) is 12.2. The van der Waals surface area contributed by atoms with E-state index in [0.717, 1.165) is 24.3 Å². The van der Waals surface area contributed by atoms with E-state index in [9.17, 15) is 4.79 Å². The molecule has 4 heteroatoms. The fraction of sp³-hybridized carbons (Fsp3) is 0.533. The second-order valence-corrected chi connectivity index (χ2v) is 4.67. The van der Waals surface area contributed by atoms with Crippen molar-refractivity contribution < 1.29 is 14.3 Å². The maximum Gasteiger partial charge on any atom is 0.313 e. The molecule has 4 nitrogen and oxygen atoms in total. The van der Waals surface area contributed by atoms with E-state index in [1.807, 2.05) is 45.3 Å². The molecule has 1 unspecified atom stereocenters. The molecule has 0 spiro atoms. The molecule has 0 fully saturated rings. The topological polar surface area (TPSA) is 38.8 Å². The number of methoxy groups -OCH3 is 1. The van der Waals surface area contributed by atoms with Gasteiger partial charge in [-0.1, -0.05) is 12.1 Å². The van der Waals surface area contributed by atoms with E-state index >= 15 is 0 Å². The minimum absolute atomic E-state index is 0.158. The fourth-order valence-electron chi connectivity index (χ4n) is 1.89. The number of esters is 1. The van der Waals surface area contributed by atoms with Gasteiger partial charge in [-0.3, -0.25) is 4.79 Å². The fourth-order valence-corrected chi connectivity index (χ4v) is 1.89. The van der Waals surface area contributed by atoms with Gasteiger partial charge in [-0.05, 0) is 51.7 Å². The van der Waals surface area contributed by atoms with Crippen molar-refractivity contribution in [3.05, 3.63) is 29.8 Å². The van der Waals surface area contributed by atoms with Crippen LogP contribution >= 0.6 is 0 Å². The smallest absolute Gasteiger partial charge is 0.313 e. The Balaban J connectivity index is 2.83. The first-order valence-electron chi connectivity index (χ1n) is 6.53. The van der Waals surface area contributed by atoms with Gasteiger partial charge in [0.15, 0.2) is 0 Å². The minimum Gasteiger partial charge on any atom is -0.497 e. The van der Waals surface area contributed by atoms with Crippen molar-refractivity contribution in [3.63, 3.8) is 0 Å². The van der Waals surface area contributed by atoms with E-state index in [1.165, 1.54) is 0 Å². The van der Waals surface area contributed by atoms with Crippen molar-refractivity contribution in [1.82, 2.24) is 4.90 Å². The number of nitrogens with zero attached hydrogens (tertiary/aromatic N) is 1. The summed E-state index contributed by atoms with van der Waals surface area (Å²) >= 11 is 0. The predicted molar refractivity (Wildman–Crippen MR) is 75.5 cm³/mol. The van der Waals surface area contributed by atoms with Gasteiger partial charge in [-0.25, -0.2) is 0 Å². The number of hydrogen-bond donors (Lipinski definition) is 0. The van der Waals surface area contributed by atoms with Crippen molar-refractivity contribution >= 4 is 5.97 Å². The Morgan fingerprint density at radius 3 is 2.37 bits per heavy atom. The van der Waals surface area contributed by atoms with E-state index in [4.69, 9.17) is 9.47 Å². The average molecular weight is 265 g/mol. The van der Waals surface area contributed by atoms with Gasteiger partial charge in [0, 0.05) is 0 Å². The highest BCUT2D eigenvalue weighted by Gasteiger charge is 2.21. The van der Waals surface area contributed by atoms with Gasteiger partial charge in [-0.15, -0.1) is 0 Å². The Bertz CT molecular complexity index is 387. The first-order valence-corrected chi connectivity index (χ1v) is 6.53. The summed E-state index contributed by atoms with van der Waals surface area (Å²) in [6.45, 7) is 3.08. The van der Waals surface area contributed by atoms with E-state index < -0.39 is 0 Å². The molecule has 0 aliphatic rings. The van der Waals surface area contributed by atoms with E-state index in [1.54, 1.807) is 7.11 Å². The van der Waals surface area contributed by atoms with E-state index in [-0.39, 0.29) is 11.9 Å². The molecule has 0 radical (unpaired) electrons. The molecule has 1 rings (SSSR count). The van der Waals surface area contributed by atoms with Crippen LogP contribution in [0.1, 0.15) is 24.8 Å². The molecule has 1 aromatic rings. The van der Waals surface area contributed by atoms with Gasteiger partial charge in [-0.2, -0.15) is 0 Å². The highest BCUT2D eigenvalue weighted by Crippen LogP contribution is 2.24. The second kappa shape index (κ2) is 7.79. The quantitative estimate of drug-likeness (QED) is 0.709. The molecule has 0 saturated heterocycles. The highest BCUT2D eigenvalue weighted by atomic mass is 16.5. The first kappa shape index (κ1) is 15.5. The lowest BCUT2D eigenvalue weighted by Gasteiger charge is -2.18. The van der Waals surface area contributed by atoms with Crippen LogP contribution in [-0.2, 0) is 9.53 Å². The van der Waals surface area contributed by atoms with Crippen LogP contribution in [0.2, 0.25) is 0 Å². The predicted octanol–water partition coefficient (Wildman–Crippen LogP) is 2.29. The molecule has 0 aromatic heterocycles. The molecule has 1 atom stereocenters. The molecular formula is C15H23NO3. The SMILES string of the molecule is CCOC(=O)C(CCN(C)C)c1ccc(OC)cc1. The molecule has 0 saturated carbocycles. The monoisotopic (exact) mass is 265 g/mol. The third-order valence-corrected chi connectivity index (χ3v) is 2.95. The van der Waals surface area contributed by atoms with Gasteiger partial charge < -0.3 is 14.4 Å². The zero-order valence-electron chi connectivity index (χ0n) is 12.2. The second-order valence-electron chi connectivity index (χ2n) is 4.67. The number of ether oxygens (including phenoxy) is 2. The van der Waals surface area contributed by atoms with Crippen molar-refractivity contribution in [2.75, 3.05) is 34.4 Å². The Morgan fingerprint density at radius 1 is 1.26 bits per heavy atom. The maximum absolute atomic E-state index is 12.0. The molecule has 0 amide bonds. The Kier molecular flexibility index (Phi) is 6.36. The molecule has 106 valence electrons. The number of rotatable bonds is 7. The van der Waals surface area contributed by atoms with E-state index in [0.29, 0.717) is 6.61 Å². The molecular weight excluding hydrogens is 242 g/mol. The molecule has 0 N–H and O–H groups in total.